The summed E-state index contributed by atoms with van der Waals surface area (Å²) in [5.41, 5.74) is 1.05. The fraction of sp³-hybridized carbons (Fsp3) is 0.652. The average molecular weight is 466 g/mol. The standard InChI is InChI=1S/C23H35N3O5S/c1-19(27)8-9-20-10-12-22(13-11-20)31-18-23(28)25-14-16-26(17-15-25)32(29,30)24(2)21-6-4-3-5-7-21/h10-13,21H,3-9,14-18H2,1-2H3. The number of amides is 1. The zero-order valence-corrected chi connectivity index (χ0v) is 20.0. The van der Waals surface area contributed by atoms with Crippen LogP contribution in [-0.2, 0) is 26.2 Å². The molecule has 0 atom stereocenters. The van der Waals surface area contributed by atoms with Crippen molar-refractivity contribution in [3.8, 4) is 5.75 Å². The molecule has 0 bridgehead atoms. The van der Waals surface area contributed by atoms with Gasteiger partial charge in [-0.05, 0) is 43.9 Å². The smallest absolute Gasteiger partial charge is 0.282 e. The number of carbonyl (C=O) groups excluding carboxylic acids is 2. The molecule has 9 heteroatoms. The van der Waals surface area contributed by atoms with Gasteiger partial charge in [0.2, 0.25) is 0 Å². The number of Topliss-reactive ketones (excluding diaryl/α,β-unsaturated/α-hetero) is 1. The van der Waals surface area contributed by atoms with E-state index in [4.69, 9.17) is 4.74 Å². The molecule has 1 amide bonds. The first-order valence-corrected chi connectivity index (χ1v) is 12.9. The topological polar surface area (TPSA) is 87.2 Å². The van der Waals surface area contributed by atoms with Crippen molar-refractivity contribution in [2.75, 3.05) is 39.8 Å². The van der Waals surface area contributed by atoms with Gasteiger partial charge in [-0.3, -0.25) is 4.79 Å². The number of ether oxygens (including phenoxy) is 1. The molecule has 1 saturated carbocycles. The minimum absolute atomic E-state index is 0.0793. The first-order valence-electron chi connectivity index (χ1n) is 11.5. The van der Waals surface area contributed by atoms with Crippen molar-refractivity contribution in [3.05, 3.63) is 29.8 Å². The molecule has 178 valence electrons. The molecular weight excluding hydrogens is 430 g/mol. The maximum atomic E-state index is 13.0. The van der Waals surface area contributed by atoms with Gasteiger partial charge < -0.3 is 14.4 Å². The van der Waals surface area contributed by atoms with Gasteiger partial charge in [-0.15, -0.1) is 0 Å². The fourth-order valence-electron chi connectivity index (χ4n) is 4.29. The lowest BCUT2D eigenvalue weighted by Crippen LogP contribution is -2.55. The molecule has 8 nitrogen and oxygen atoms in total. The van der Waals surface area contributed by atoms with E-state index < -0.39 is 10.2 Å². The Labute approximate surface area is 191 Å². The molecule has 2 fully saturated rings. The highest BCUT2D eigenvalue weighted by molar-refractivity contribution is 7.86. The van der Waals surface area contributed by atoms with Crippen LogP contribution >= 0.6 is 0 Å². The van der Waals surface area contributed by atoms with Crippen molar-refractivity contribution < 1.29 is 22.7 Å². The number of nitrogens with zero attached hydrogens (tertiary/aromatic N) is 3. The molecule has 1 aliphatic heterocycles. The van der Waals surface area contributed by atoms with Gasteiger partial charge in [0, 0.05) is 45.7 Å². The van der Waals surface area contributed by atoms with E-state index in [1.165, 1.54) is 15.0 Å². The number of hydrogen-bond donors (Lipinski definition) is 0. The maximum Gasteiger partial charge on any atom is 0.282 e. The molecule has 0 radical (unpaired) electrons. The second-order valence-corrected chi connectivity index (χ2v) is 10.7. The minimum Gasteiger partial charge on any atom is -0.484 e. The van der Waals surface area contributed by atoms with E-state index in [9.17, 15) is 18.0 Å². The average Bonchev–Trinajstić information content (AvgIpc) is 2.82. The van der Waals surface area contributed by atoms with Gasteiger partial charge in [-0.25, -0.2) is 0 Å². The zero-order chi connectivity index (χ0) is 23.1. The first-order chi connectivity index (χ1) is 15.3. The van der Waals surface area contributed by atoms with E-state index in [-0.39, 0.29) is 24.3 Å². The van der Waals surface area contributed by atoms with Gasteiger partial charge in [0.15, 0.2) is 6.61 Å². The minimum atomic E-state index is -3.50. The summed E-state index contributed by atoms with van der Waals surface area (Å²) in [6, 6.07) is 7.48. The third-order valence-electron chi connectivity index (χ3n) is 6.42. The van der Waals surface area contributed by atoms with Crippen LogP contribution in [0.3, 0.4) is 0 Å². The summed E-state index contributed by atoms with van der Waals surface area (Å²) in [4.78, 5) is 25.3. The molecule has 0 unspecified atom stereocenters. The molecule has 32 heavy (non-hydrogen) atoms. The Kier molecular flexibility index (Phi) is 8.67. The van der Waals surface area contributed by atoms with Crippen molar-refractivity contribution in [2.24, 2.45) is 0 Å². The lowest BCUT2D eigenvalue weighted by atomic mass is 9.96. The molecule has 1 heterocycles. The van der Waals surface area contributed by atoms with E-state index in [1.807, 2.05) is 12.1 Å². The van der Waals surface area contributed by atoms with Crippen LogP contribution in [0.15, 0.2) is 24.3 Å². The molecule has 1 saturated heterocycles. The van der Waals surface area contributed by atoms with Crippen molar-refractivity contribution in [1.82, 2.24) is 13.5 Å². The summed E-state index contributed by atoms with van der Waals surface area (Å²) in [6.45, 7) is 2.83. The Bertz CT molecular complexity index is 873. The molecule has 1 aromatic rings. The van der Waals surface area contributed by atoms with E-state index in [1.54, 1.807) is 31.0 Å². The molecule has 0 spiro atoms. The summed E-state index contributed by atoms with van der Waals surface area (Å²) in [5.74, 6) is 0.605. The van der Waals surface area contributed by atoms with Crippen LogP contribution in [0, 0.1) is 0 Å². The highest BCUT2D eigenvalue weighted by Gasteiger charge is 2.35. The number of aryl methyl sites for hydroxylation is 1. The number of benzene rings is 1. The first kappa shape index (κ1) is 24.7. The van der Waals surface area contributed by atoms with E-state index in [2.05, 4.69) is 0 Å². The molecule has 1 aliphatic carbocycles. The van der Waals surface area contributed by atoms with Crippen molar-refractivity contribution in [3.63, 3.8) is 0 Å². The van der Waals surface area contributed by atoms with Crippen LogP contribution < -0.4 is 4.74 Å². The quantitative estimate of drug-likeness (QED) is 0.558. The van der Waals surface area contributed by atoms with Crippen molar-refractivity contribution >= 4 is 21.9 Å². The Morgan fingerprint density at radius 1 is 1.03 bits per heavy atom. The molecule has 2 aliphatic rings. The summed E-state index contributed by atoms with van der Waals surface area (Å²) in [7, 11) is -1.82. The summed E-state index contributed by atoms with van der Waals surface area (Å²) >= 11 is 0. The number of hydrogen-bond acceptors (Lipinski definition) is 5. The van der Waals surface area contributed by atoms with Crippen LogP contribution in [-0.4, -0.2) is 79.5 Å². The number of ketones is 1. The number of carbonyl (C=O) groups is 2. The third kappa shape index (κ3) is 6.52. The number of piperazine rings is 1. The summed E-state index contributed by atoms with van der Waals surface area (Å²) in [5, 5.41) is 0. The van der Waals surface area contributed by atoms with Crippen LogP contribution in [0.1, 0.15) is 51.0 Å². The van der Waals surface area contributed by atoms with Crippen LogP contribution in [0.2, 0.25) is 0 Å². The van der Waals surface area contributed by atoms with Crippen molar-refractivity contribution in [1.29, 1.82) is 0 Å². The summed E-state index contributed by atoms with van der Waals surface area (Å²) in [6.07, 6.45) is 6.38. The fourth-order valence-corrected chi connectivity index (χ4v) is 5.87. The highest BCUT2D eigenvalue weighted by Crippen LogP contribution is 2.25. The van der Waals surface area contributed by atoms with Crippen LogP contribution in [0.25, 0.3) is 0 Å². The summed E-state index contributed by atoms with van der Waals surface area (Å²) < 4.78 is 34.6. The Morgan fingerprint density at radius 3 is 2.25 bits per heavy atom. The second kappa shape index (κ2) is 11.2. The number of rotatable bonds is 9. The van der Waals surface area contributed by atoms with E-state index >= 15 is 0 Å². The van der Waals surface area contributed by atoms with E-state index in [0.717, 1.165) is 31.2 Å². The Morgan fingerprint density at radius 2 is 1.66 bits per heavy atom. The predicted molar refractivity (Wildman–Crippen MR) is 123 cm³/mol. The lowest BCUT2D eigenvalue weighted by molar-refractivity contribution is -0.134. The Hall–Kier alpha value is -1.97. The Balaban J connectivity index is 1.44. The molecule has 0 aromatic heterocycles. The predicted octanol–water partition coefficient (Wildman–Crippen LogP) is 2.24. The van der Waals surface area contributed by atoms with Gasteiger partial charge in [0.05, 0.1) is 0 Å². The maximum absolute atomic E-state index is 13.0. The molecular formula is C23H35N3O5S. The van der Waals surface area contributed by atoms with Gasteiger partial charge in [-0.1, -0.05) is 31.4 Å². The zero-order valence-electron chi connectivity index (χ0n) is 19.2. The second-order valence-electron chi connectivity index (χ2n) is 8.73. The molecule has 0 N–H and O–H groups in total. The van der Waals surface area contributed by atoms with Crippen LogP contribution in [0.4, 0.5) is 0 Å². The van der Waals surface area contributed by atoms with E-state index in [0.29, 0.717) is 44.8 Å². The lowest BCUT2D eigenvalue weighted by Gasteiger charge is -2.38. The molecule has 3 rings (SSSR count). The normalized spacial score (nSPS) is 18.7. The van der Waals surface area contributed by atoms with Gasteiger partial charge in [0.25, 0.3) is 16.1 Å². The van der Waals surface area contributed by atoms with Crippen LogP contribution in [0.5, 0.6) is 5.75 Å². The monoisotopic (exact) mass is 465 g/mol. The largest absolute Gasteiger partial charge is 0.484 e. The van der Waals surface area contributed by atoms with Gasteiger partial charge in [0.1, 0.15) is 11.5 Å². The van der Waals surface area contributed by atoms with Crippen molar-refractivity contribution in [2.45, 2.75) is 57.9 Å². The third-order valence-corrected chi connectivity index (χ3v) is 8.47. The van der Waals surface area contributed by atoms with Gasteiger partial charge in [-0.2, -0.15) is 17.0 Å². The SMILES string of the molecule is CC(=O)CCc1ccc(OCC(=O)N2CCN(S(=O)(=O)N(C)C3CCCCC3)CC2)cc1. The molecule has 1 aromatic carbocycles. The highest BCUT2D eigenvalue weighted by atomic mass is 32.2. The van der Waals surface area contributed by atoms with Gasteiger partial charge >= 0.3 is 0 Å².